The molecular weight excluding hydrogens is 354 g/mol. The first-order valence-electron chi connectivity index (χ1n) is 8.70. The van der Waals surface area contributed by atoms with Gasteiger partial charge in [-0.05, 0) is 26.6 Å². The van der Waals surface area contributed by atoms with E-state index in [0.717, 1.165) is 13.1 Å². The fourth-order valence-corrected chi connectivity index (χ4v) is 4.40. The van der Waals surface area contributed by atoms with Gasteiger partial charge in [0, 0.05) is 32.7 Å². The average molecular weight is 379 g/mol. The highest BCUT2D eigenvalue weighted by Gasteiger charge is 2.26. The van der Waals surface area contributed by atoms with Crippen LogP contribution in [0.1, 0.15) is 21.1 Å². The molecule has 9 heteroatoms. The Morgan fingerprint density at radius 2 is 2.00 bits per heavy atom. The highest BCUT2D eigenvalue weighted by atomic mass is 32.1. The molecule has 8 nitrogen and oxygen atoms in total. The summed E-state index contributed by atoms with van der Waals surface area (Å²) >= 11 is 1.30. The van der Waals surface area contributed by atoms with Gasteiger partial charge in [0.05, 0.1) is 23.4 Å². The molecule has 3 heterocycles. The van der Waals surface area contributed by atoms with Crippen molar-refractivity contribution in [3.05, 3.63) is 26.6 Å². The fourth-order valence-electron chi connectivity index (χ4n) is 3.23. The van der Waals surface area contributed by atoms with Crippen molar-refractivity contribution >= 4 is 27.5 Å². The number of aromatic nitrogens is 2. The second-order valence-corrected chi connectivity index (χ2v) is 7.84. The van der Waals surface area contributed by atoms with Crippen LogP contribution in [0.2, 0.25) is 0 Å². The molecule has 0 saturated carbocycles. The van der Waals surface area contributed by atoms with Gasteiger partial charge in [0.15, 0.2) is 0 Å². The van der Waals surface area contributed by atoms with Crippen LogP contribution in [0.5, 0.6) is 0 Å². The smallest absolute Gasteiger partial charge is 0.264 e. The molecule has 3 rings (SSSR count). The normalized spacial score (nSPS) is 16.0. The second kappa shape index (κ2) is 7.83. The molecule has 1 aliphatic heterocycles. The summed E-state index contributed by atoms with van der Waals surface area (Å²) in [6.45, 7) is 5.88. The molecule has 0 atom stereocenters. The first-order chi connectivity index (χ1) is 12.4. The summed E-state index contributed by atoms with van der Waals surface area (Å²) in [5, 5.41) is 9.54. The summed E-state index contributed by atoms with van der Waals surface area (Å²) in [5.74, 6) is 0.563. The predicted molar refractivity (Wildman–Crippen MR) is 102 cm³/mol. The molecule has 0 aliphatic carbocycles. The number of piperazine rings is 1. The molecule has 142 valence electrons. The van der Waals surface area contributed by atoms with Gasteiger partial charge in [0.1, 0.15) is 10.7 Å². The number of aryl methyl sites for hydroxylation is 1. The minimum absolute atomic E-state index is 0.0392. The van der Waals surface area contributed by atoms with Gasteiger partial charge in [-0.15, -0.1) is 11.3 Å². The van der Waals surface area contributed by atoms with Crippen molar-refractivity contribution in [3.8, 4) is 0 Å². The van der Waals surface area contributed by atoms with Gasteiger partial charge in [-0.25, -0.2) is 4.98 Å². The van der Waals surface area contributed by atoms with Crippen molar-refractivity contribution < 1.29 is 9.90 Å². The van der Waals surface area contributed by atoms with E-state index in [1.807, 2.05) is 30.8 Å². The zero-order valence-electron chi connectivity index (χ0n) is 15.4. The van der Waals surface area contributed by atoms with Crippen LogP contribution in [0.3, 0.4) is 0 Å². The van der Waals surface area contributed by atoms with Crippen LogP contribution >= 0.6 is 11.3 Å². The Morgan fingerprint density at radius 3 is 2.62 bits per heavy atom. The Kier molecular flexibility index (Phi) is 5.71. The number of nitrogens with zero attached hydrogens (tertiary/aromatic N) is 4. The SMILES string of the molecule is Cc1c(C(=O)N2CCN(CCO)CC2)sc2nc(CN(C)C)[nH]c(=O)c12. The highest BCUT2D eigenvalue weighted by molar-refractivity contribution is 7.20. The van der Waals surface area contributed by atoms with E-state index in [1.165, 1.54) is 11.3 Å². The number of thiophene rings is 1. The number of carbonyl (C=O) groups excluding carboxylic acids is 1. The lowest BCUT2D eigenvalue weighted by atomic mass is 10.2. The van der Waals surface area contributed by atoms with Crippen molar-refractivity contribution in [2.24, 2.45) is 0 Å². The summed E-state index contributed by atoms with van der Waals surface area (Å²) in [6.07, 6.45) is 0. The first kappa shape index (κ1) is 19.0. The standard InChI is InChI=1S/C17H25N5O3S/c1-11-13-15(24)18-12(10-20(2)3)19-16(13)26-14(11)17(25)22-6-4-21(5-7-22)8-9-23/h23H,4-10H2,1-3H3,(H,18,19,24). The molecule has 0 spiro atoms. The molecule has 1 fully saturated rings. The number of carbonyl (C=O) groups is 1. The van der Waals surface area contributed by atoms with E-state index >= 15 is 0 Å². The van der Waals surface area contributed by atoms with Crippen molar-refractivity contribution in [3.63, 3.8) is 0 Å². The third kappa shape index (κ3) is 3.80. The molecule has 1 amide bonds. The van der Waals surface area contributed by atoms with E-state index in [9.17, 15) is 9.59 Å². The number of H-pyrrole nitrogens is 1. The number of amides is 1. The minimum Gasteiger partial charge on any atom is -0.395 e. The van der Waals surface area contributed by atoms with E-state index in [0.29, 0.717) is 52.7 Å². The largest absolute Gasteiger partial charge is 0.395 e. The van der Waals surface area contributed by atoms with Gasteiger partial charge in [-0.2, -0.15) is 0 Å². The van der Waals surface area contributed by atoms with E-state index in [1.54, 1.807) is 0 Å². The van der Waals surface area contributed by atoms with E-state index in [-0.39, 0.29) is 18.1 Å². The molecule has 2 aromatic heterocycles. The Hall–Kier alpha value is -1.81. The number of aromatic amines is 1. The predicted octanol–water partition coefficient (Wildman–Crippen LogP) is 0.105. The van der Waals surface area contributed by atoms with Crippen LogP contribution in [0.15, 0.2) is 4.79 Å². The van der Waals surface area contributed by atoms with Crippen molar-refractivity contribution in [2.45, 2.75) is 13.5 Å². The van der Waals surface area contributed by atoms with Gasteiger partial charge in [0.25, 0.3) is 11.5 Å². The Balaban J connectivity index is 1.86. The number of rotatable bonds is 5. The number of nitrogens with one attached hydrogen (secondary N) is 1. The number of hydrogen-bond acceptors (Lipinski definition) is 7. The van der Waals surface area contributed by atoms with Crippen LogP contribution in [0.25, 0.3) is 10.2 Å². The van der Waals surface area contributed by atoms with Crippen LogP contribution in [0.4, 0.5) is 0 Å². The minimum atomic E-state index is -0.188. The number of hydrogen-bond donors (Lipinski definition) is 2. The van der Waals surface area contributed by atoms with Gasteiger partial charge in [-0.3, -0.25) is 14.5 Å². The summed E-state index contributed by atoms with van der Waals surface area (Å²) < 4.78 is 0. The first-order valence-corrected chi connectivity index (χ1v) is 9.52. The Labute approximate surface area is 156 Å². The molecule has 0 bridgehead atoms. The van der Waals surface area contributed by atoms with Gasteiger partial charge < -0.3 is 19.9 Å². The molecule has 2 N–H and O–H groups in total. The summed E-state index contributed by atoms with van der Waals surface area (Å²) in [6, 6.07) is 0. The quantitative estimate of drug-likeness (QED) is 0.766. The van der Waals surface area contributed by atoms with Crippen LogP contribution in [-0.4, -0.2) is 89.1 Å². The lowest BCUT2D eigenvalue weighted by molar-refractivity contribution is 0.0619. The number of aliphatic hydroxyl groups is 1. The molecular formula is C17H25N5O3S. The molecule has 0 aromatic carbocycles. The lowest BCUT2D eigenvalue weighted by Gasteiger charge is -2.34. The topological polar surface area (TPSA) is 92.8 Å². The molecule has 0 radical (unpaired) electrons. The van der Waals surface area contributed by atoms with E-state index in [4.69, 9.17) is 5.11 Å². The van der Waals surface area contributed by atoms with Gasteiger partial charge in [-0.1, -0.05) is 0 Å². The zero-order chi connectivity index (χ0) is 18.8. The van der Waals surface area contributed by atoms with Crippen LogP contribution < -0.4 is 5.56 Å². The van der Waals surface area contributed by atoms with Crippen molar-refractivity contribution in [1.29, 1.82) is 0 Å². The summed E-state index contributed by atoms with van der Waals surface area (Å²) in [7, 11) is 3.82. The van der Waals surface area contributed by atoms with Crippen LogP contribution in [0, 0.1) is 6.92 Å². The Morgan fingerprint density at radius 1 is 1.31 bits per heavy atom. The number of β-amino-alcohol motifs (C(OH)–C–C–N with tert-alkyl or cyclic N) is 1. The third-order valence-corrected chi connectivity index (χ3v) is 5.76. The number of fused-ring (bicyclic) bond motifs is 1. The van der Waals surface area contributed by atoms with Gasteiger partial charge >= 0.3 is 0 Å². The summed E-state index contributed by atoms with van der Waals surface area (Å²) in [4.78, 5) is 39.9. The Bertz CT molecular complexity index is 852. The maximum absolute atomic E-state index is 12.9. The van der Waals surface area contributed by atoms with Gasteiger partial charge in [0.2, 0.25) is 0 Å². The van der Waals surface area contributed by atoms with E-state index < -0.39 is 0 Å². The van der Waals surface area contributed by atoms with Crippen molar-refractivity contribution in [2.75, 3.05) is 53.4 Å². The maximum atomic E-state index is 12.9. The second-order valence-electron chi connectivity index (χ2n) is 6.84. The molecule has 26 heavy (non-hydrogen) atoms. The maximum Gasteiger partial charge on any atom is 0.264 e. The highest BCUT2D eigenvalue weighted by Crippen LogP contribution is 2.28. The zero-order valence-corrected chi connectivity index (χ0v) is 16.2. The van der Waals surface area contributed by atoms with Crippen molar-refractivity contribution in [1.82, 2.24) is 24.7 Å². The molecule has 1 saturated heterocycles. The molecule has 0 unspecified atom stereocenters. The fraction of sp³-hybridized carbons (Fsp3) is 0.588. The average Bonchev–Trinajstić information content (AvgIpc) is 2.91. The lowest BCUT2D eigenvalue weighted by Crippen LogP contribution is -2.49. The number of aliphatic hydroxyl groups excluding tert-OH is 1. The van der Waals surface area contributed by atoms with E-state index in [2.05, 4.69) is 14.9 Å². The third-order valence-electron chi connectivity index (χ3n) is 4.59. The summed E-state index contributed by atoms with van der Waals surface area (Å²) in [5.41, 5.74) is 0.519. The monoisotopic (exact) mass is 379 g/mol. The molecule has 1 aliphatic rings. The van der Waals surface area contributed by atoms with Crippen LogP contribution in [-0.2, 0) is 6.54 Å². The molecule has 2 aromatic rings.